The Hall–Kier alpha value is -2.26. The summed E-state index contributed by atoms with van der Waals surface area (Å²) in [7, 11) is 0. The number of carbonyl (C=O) groups excluding carboxylic acids is 1. The molecule has 210 valence electrons. The molecule has 3 heteroatoms. The van der Waals surface area contributed by atoms with E-state index in [1.54, 1.807) is 16.7 Å². The van der Waals surface area contributed by atoms with Gasteiger partial charge in [-0.05, 0) is 111 Å². The average Bonchev–Trinajstić information content (AvgIpc) is 2.92. The largest absolute Gasteiger partial charge is 0.299 e. The smallest absolute Gasteiger partial charge is 0.142 e. The number of pyridine rings is 1. The first-order valence-electron chi connectivity index (χ1n) is 15.3. The van der Waals surface area contributed by atoms with Crippen molar-refractivity contribution in [2.24, 2.45) is 0 Å². The molecule has 2 fully saturated rings. The molecule has 2 heterocycles. The summed E-state index contributed by atoms with van der Waals surface area (Å²) in [6.45, 7) is 21.1. The van der Waals surface area contributed by atoms with Gasteiger partial charge in [0.25, 0.3) is 0 Å². The van der Waals surface area contributed by atoms with Gasteiger partial charge in [0, 0.05) is 36.9 Å². The minimum atomic E-state index is 0.639. The molecule has 4 rings (SSSR count). The van der Waals surface area contributed by atoms with Crippen LogP contribution < -0.4 is 0 Å². The fraction of sp³-hybridized carbons (Fsp3) is 0.600. The molecule has 0 spiro atoms. The van der Waals surface area contributed by atoms with Gasteiger partial charge in [-0.3, -0.25) is 14.7 Å². The van der Waals surface area contributed by atoms with Gasteiger partial charge in [-0.2, -0.15) is 0 Å². The third-order valence-electron chi connectivity index (χ3n) is 8.63. The van der Waals surface area contributed by atoms with Gasteiger partial charge in [0.15, 0.2) is 0 Å². The number of likely N-dealkylation sites (tertiary alicyclic amines) is 1. The zero-order valence-electron chi connectivity index (χ0n) is 25.5. The molecule has 0 amide bonds. The Balaban J connectivity index is 0.000000773. The van der Waals surface area contributed by atoms with Gasteiger partial charge in [-0.1, -0.05) is 65.7 Å². The van der Waals surface area contributed by atoms with Crippen LogP contribution in [0, 0.1) is 20.8 Å². The van der Waals surface area contributed by atoms with Gasteiger partial charge in [-0.15, -0.1) is 0 Å². The van der Waals surface area contributed by atoms with Crippen molar-refractivity contribution in [2.75, 3.05) is 13.1 Å². The highest BCUT2D eigenvalue weighted by Gasteiger charge is 2.32. The van der Waals surface area contributed by atoms with E-state index in [0.29, 0.717) is 6.29 Å². The lowest BCUT2D eigenvalue weighted by Crippen LogP contribution is -2.50. The number of hydrogen-bond donors (Lipinski definition) is 0. The molecule has 3 nitrogen and oxygen atoms in total. The van der Waals surface area contributed by atoms with Crippen LogP contribution in [0.15, 0.2) is 37.1 Å². The Labute approximate surface area is 234 Å². The summed E-state index contributed by atoms with van der Waals surface area (Å²) >= 11 is 0. The lowest BCUT2D eigenvalue weighted by molar-refractivity contribution is -0.104. The summed E-state index contributed by atoms with van der Waals surface area (Å²) < 4.78 is 0. The van der Waals surface area contributed by atoms with Gasteiger partial charge in [0.1, 0.15) is 6.29 Å². The molecule has 1 aliphatic carbocycles. The highest BCUT2D eigenvalue weighted by molar-refractivity contribution is 5.63. The van der Waals surface area contributed by atoms with Gasteiger partial charge in [0.2, 0.25) is 0 Å². The molecule has 1 aromatic heterocycles. The molecule has 1 aliphatic heterocycles. The van der Waals surface area contributed by atoms with Crippen molar-refractivity contribution in [1.82, 2.24) is 9.88 Å². The first-order chi connectivity index (χ1) is 18.4. The van der Waals surface area contributed by atoms with Crippen LogP contribution in [-0.2, 0) is 17.6 Å². The van der Waals surface area contributed by atoms with Crippen molar-refractivity contribution in [1.29, 1.82) is 0 Å². The second kappa shape index (κ2) is 16.6. The van der Waals surface area contributed by atoms with E-state index in [-0.39, 0.29) is 0 Å². The highest BCUT2D eigenvalue weighted by atomic mass is 16.1. The number of nitrogens with zero attached hydrogens (tertiary/aromatic N) is 2. The summed E-state index contributed by atoms with van der Waals surface area (Å²) in [4.78, 5) is 16.4. The normalized spacial score (nSPS) is 16.1. The molecular formula is C35H54N2O. The van der Waals surface area contributed by atoms with E-state index >= 15 is 0 Å². The Morgan fingerprint density at radius 3 is 2.03 bits per heavy atom. The van der Waals surface area contributed by atoms with E-state index < -0.39 is 0 Å². The second-order valence-electron chi connectivity index (χ2n) is 10.9. The van der Waals surface area contributed by atoms with E-state index in [4.69, 9.17) is 4.79 Å². The SMILES string of the molecule is C=CC=O.CC.CCC(CC)N1CC(c2cc(C)c(CCc3c(C4CCCCC4)ccnc3C)c(C)c2)C1. The van der Waals surface area contributed by atoms with Crippen molar-refractivity contribution in [3.63, 3.8) is 0 Å². The first-order valence-corrected chi connectivity index (χ1v) is 15.3. The molecule has 0 radical (unpaired) electrons. The summed E-state index contributed by atoms with van der Waals surface area (Å²) in [5.74, 6) is 1.47. The average molecular weight is 519 g/mol. The lowest BCUT2D eigenvalue weighted by Gasteiger charge is -2.44. The van der Waals surface area contributed by atoms with Crippen LogP contribution in [0.2, 0.25) is 0 Å². The standard InChI is InChI=1S/C30H44N2.C3H4O.C2H6/c1-6-27(7-2)32-19-26(20-32)25-17-21(3)28(22(4)18-25)13-14-29-23(5)31-16-15-30(29)24-11-9-8-10-12-24;1-2-3-4;1-2/h15-18,24,26-27H,6-14,19-20H2,1-5H3;2-3H,1H2;1-2H3. The molecule has 0 atom stereocenters. The number of carbonyl (C=O) groups is 1. The predicted molar refractivity (Wildman–Crippen MR) is 164 cm³/mol. The maximum Gasteiger partial charge on any atom is 0.142 e. The maximum atomic E-state index is 9.06. The fourth-order valence-electron chi connectivity index (χ4n) is 6.47. The molecule has 1 aromatic carbocycles. The number of aryl methyl sites for hydroxylation is 3. The monoisotopic (exact) mass is 518 g/mol. The molecule has 2 aliphatic rings. The van der Waals surface area contributed by atoms with E-state index in [2.05, 4.69) is 69.3 Å². The zero-order valence-corrected chi connectivity index (χ0v) is 25.5. The van der Waals surface area contributed by atoms with Crippen LogP contribution >= 0.6 is 0 Å². The van der Waals surface area contributed by atoms with Gasteiger partial charge >= 0.3 is 0 Å². The number of allylic oxidation sites excluding steroid dienone is 1. The predicted octanol–water partition coefficient (Wildman–Crippen LogP) is 8.83. The van der Waals surface area contributed by atoms with Crippen LogP contribution in [-0.4, -0.2) is 35.3 Å². The second-order valence-corrected chi connectivity index (χ2v) is 10.9. The van der Waals surface area contributed by atoms with Crippen LogP contribution in [0.4, 0.5) is 0 Å². The molecule has 1 saturated carbocycles. The maximum absolute atomic E-state index is 9.06. The molecular weight excluding hydrogens is 464 g/mol. The van der Waals surface area contributed by atoms with Crippen molar-refractivity contribution in [2.45, 2.75) is 124 Å². The number of aromatic nitrogens is 1. The lowest BCUT2D eigenvalue weighted by atomic mass is 9.80. The molecule has 0 unspecified atom stereocenters. The van der Waals surface area contributed by atoms with E-state index in [1.165, 1.54) is 86.5 Å². The third kappa shape index (κ3) is 8.37. The van der Waals surface area contributed by atoms with Crippen molar-refractivity contribution in [3.8, 4) is 0 Å². The van der Waals surface area contributed by atoms with E-state index in [9.17, 15) is 0 Å². The minimum Gasteiger partial charge on any atom is -0.299 e. The molecule has 1 saturated heterocycles. The molecule has 0 bridgehead atoms. The topological polar surface area (TPSA) is 33.2 Å². The summed E-state index contributed by atoms with van der Waals surface area (Å²) in [6.07, 6.45) is 15.6. The Morgan fingerprint density at radius 2 is 1.50 bits per heavy atom. The Kier molecular flexibility index (Phi) is 14.0. The van der Waals surface area contributed by atoms with Crippen LogP contribution in [0.25, 0.3) is 0 Å². The fourth-order valence-corrected chi connectivity index (χ4v) is 6.47. The number of benzene rings is 1. The Morgan fingerprint density at radius 1 is 0.947 bits per heavy atom. The number of rotatable bonds is 9. The third-order valence-corrected chi connectivity index (χ3v) is 8.63. The minimum absolute atomic E-state index is 0.639. The quantitative estimate of drug-likeness (QED) is 0.245. The van der Waals surface area contributed by atoms with Crippen LogP contribution in [0.3, 0.4) is 0 Å². The van der Waals surface area contributed by atoms with Gasteiger partial charge in [0.05, 0.1) is 0 Å². The zero-order chi connectivity index (χ0) is 28.1. The van der Waals surface area contributed by atoms with E-state index in [0.717, 1.165) is 30.7 Å². The molecule has 38 heavy (non-hydrogen) atoms. The Bertz CT molecular complexity index is 966. The molecule has 2 aromatic rings. The summed E-state index contributed by atoms with van der Waals surface area (Å²) in [6, 6.07) is 8.09. The van der Waals surface area contributed by atoms with Crippen molar-refractivity contribution in [3.05, 3.63) is 76.1 Å². The number of hydrogen-bond acceptors (Lipinski definition) is 3. The highest BCUT2D eigenvalue weighted by Crippen LogP contribution is 2.36. The summed E-state index contributed by atoms with van der Waals surface area (Å²) in [5, 5.41) is 0. The van der Waals surface area contributed by atoms with Crippen LogP contribution in [0.1, 0.15) is 124 Å². The van der Waals surface area contributed by atoms with Gasteiger partial charge in [-0.25, -0.2) is 0 Å². The van der Waals surface area contributed by atoms with Gasteiger partial charge < -0.3 is 0 Å². The van der Waals surface area contributed by atoms with Crippen molar-refractivity contribution >= 4 is 6.29 Å². The molecule has 0 N–H and O–H groups in total. The number of aldehydes is 1. The first kappa shape index (κ1) is 32.0. The van der Waals surface area contributed by atoms with E-state index in [1.807, 2.05) is 20.0 Å². The van der Waals surface area contributed by atoms with Crippen molar-refractivity contribution < 1.29 is 4.79 Å². The summed E-state index contributed by atoms with van der Waals surface area (Å²) in [5.41, 5.74) is 10.5. The van der Waals surface area contributed by atoms with Crippen LogP contribution in [0.5, 0.6) is 0 Å².